The molecule has 18 heavy (non-hydrogen) atoms. The average Bonchev–Trinajstić information content (AvgIpc) is 2.38. The lowest BCUT2D eigenvalue weighted by atomic mass is 10.1. The topological polar surface area (TPSA) is 46.5 Å². The Labute approximate surface area is 105 Å². The Bertz CT molecular complexity index is 559. The molecule has 2 rings (SSSR count). The van der Waals surface area contributed by atoms with Crippen molar-refractivity contribution in [1.82, 2.24) is 0 Å². The molecule has 90 valence electrons. The van der Waals surface area contributed by atoms with E-state index in [1.807, 2.05) is 48.6 Å². The van der Waals surface area contributed by atoms with Gasteiger partial charge in [-0.1, -0.05) is 60.7 Å². The van der Waals surface area contributed by atoms with Gasteiger partial charge in [-0.05, 0) is 11.6 Å². The standard InChI is InChI=1S/C15H12O3/c16-15(17)18-14-9-5-4-8-13(14)11-10-12-6-2-1-3-7-12/h1-11H,(H,16,17). The molecule has 2 aromatic rings. The molecule has 0 radical (unpaired) electrons. The number of hydrogen-bond donors (Lipinski definition) is 1. The molecule has 1 N–H and O–H groups in total. The van der Waals surface area contributed by atoms with Crippen LogP contribution in [-0.2, 0) is 0 Å². The van der Waals surface area contributed by atoms with Crippen molar-refractivity contribution in [2.45, 2.75) is 0 Å². The Balaban J connectivity index is 2.23. The molecule has 2 aromatic carbocycles. The smallest absolute Gasteiger partial charge is 0.449 e. The Kier molecular flexibility index (Phi) is 3.76. The van der Waals surface area contributed by atoms with Crippen molar-refractivity contribution >= 4 is 18.3 Å². The largest absolute Gasteiger partial charge is 0.511 e. The number of carboxylic acid groups (broad SMARTS) is 1. The summed E-state index contributed by atoms with van der Waals surface area (Å²) >= 11 is 0. The molecule has 0 atom stereocenters. The number of hydrogen-bond acceptors (Lipinski definition) is 2. The zero-order valence-corrected chi connectivity index (χ0v) is 9.61. The highest BCUT2D eigenvalue weighted by Gasteiger charge is 2.04. The van der Waals surface area contributed by atoms with Gasteiger partial charge in [-0.25, -0.2) is 4.79 Å². The second-order valence-electron chi connectivity index (χ2n) is 3.65. The van der Waals surface area contributed by atoms with E-state index < -0.39 is 6.16 Å². The van der Waals surface area contributed by atoms with Crippen molar-refractivity contribution in [2.75, 3.05) is 0 Å². The fourth-order valence-electron chi connectivity index (χ4n) is 1.56. The first-order chi connectivity index (χ1) is 8.75. The number of rotatable bonds is 3. The molecule has 0 bridgehead atoms. The summed E-state index contributed by atoms with van der Waals surface area (Å²) in [4.78, 5) is 10.5. The van der Waals surface area contributed by atoms with Gasteiger partial charge in [0, 0.05) is 5.56 Å². The Hall–Kier alpha value is -2.55. The van der Waals surface area contributed by atoms with Crippen molar-refractivity contribution < 1.29 is 14.6 Å². The quantitative estimate of drug-likeness (QED) is 0.502. The first-order valence-electron chi connectivity index (χ1n) is 5.48. The van der Waals surface area contributed by atoms with Crippen LogP contribution in [0.15, 0.2) is 54.6 Å². The van der Waals surface area contributed by atoms with Gasteiger partial charge in [0.2, 0.25) is 0 Å². The molecule has 0 spiro atoms. The van der Waals surface area contributed by atoms with E-state index in [2.05, 4.69) is 0 Å². The van der Waals surface area contributed by atoms with Crippen LogP contribution in [0.3, 0.4) is 0 Å². The van der Waals surface area contributed by atoms with Crippen LogP contribution in [0.5, 0.6) is 5.75 Å². The van der Waals surface area contributed by atoms with Crippen LogP contribution in [-0.4, -0.2) is 11.3 Å². The monoisotopic (exact) mass is 240 g/mol. The van der Waals surface area contributed by atoms with E-state index in [1.165, 1.54) is 0 Å². The minimum Gasteiger partial charge on any atom is -0.449 e. The number of carbonyl (C=O) groups is 1. The summed E-state index contributed by atoms with van der Waals surface area (Å²) in [7, 11) is 0. The van der Waals surface area contributed by atoms with Crippen LogP contribution >= 0.6 is 0 Å². The molecule has 0 aliphatic carbocycles. The molecule has 0 aliphatic rings. The van der Waals surface area contributed by atoms with Crippen LogP contribution < -0.4 is 4.74 Å². The minimum atomic E-state index is -1.31. The van der Waals surface area contributed by atoms with E-state index in [-0.39, 0.29) is 0 Å². The van der Waals surface area contributed by atoms with E-state index >= 15 is 0 Å². The highest BCUT2D eigenvalue weighted by molar-refractivity contribution is 5.74. The van der Waals surface area contributed by atoms with Crippen molar-refractivity contribution in [3.05, 3.63) is 65.7 Å². The molecular weight excluding hydrogens is 228 g/mol. The SMILES string of the molecule is O=C(O)Oc1ccccc1C=Cc1ccccc1. The molecule has 0 saturated heterocycles. The van der Waals surface area contributed by atoms with Gasteiger partial charge in [0.05, 0.1) is 0 Å². The Morgan fingerprint density at radius 2 is 1.61 bits per heavy atom. The third-order valence-electron chi connectivity index (χ3n) is 2.37. The Morgan fingerprint density at radius 1 is 0.944 bits per heavy atom. The molecule has 3 nitrogen and oxygen atoms in total. The van der Waals surface area contributed by atoms with E-state index in [0.717, 1.165) is 11.1 Å². The first-order valence-corrected chi connectivity index (χ1v) is 5.48. The second kappa shape index (κ2) is 5.68. The van der Waals surface area contributed by atoms with E-state index in [1.54, 1.807) is 18.2 Å². The van der Waals surface area contributed by atoms with Gasteiger partial charge in [-0.3, -0.25) is 0 Å². The van der Waals surface area contributed by atoms with Gasteiger partial charge in [0.1, 0.15) is 5.75 Å². The predicted octanol–water partition coefficient (Wildman–Crippen LogP) is 3.91. The normalized spacial score (nSPS) is 10.4. The molecule has 0 fully saturated rings. The van der Waals surface area contributed by atoms with Gasteiger partial charge >= 0.3 is 6.16 Å². The summed E-state index contributed by atoms with van der Waals surface area (Å²) in [6.45, 7) is 0. The second-order valence-corrected chi connectivity index (χ2v) is 3.65. The lowest BCUT2D eigenvalue weighted by molar-refractivity contribution is 0.144. The summed E-state index contributed by atoms with van der Waals surface area (Å²) in [5, 5.41) is 8.63. The summed E-state index contributed by atoms with van der Waals surface area (Å²) in [5.74, 6) is 0.331. The number of benzene rings is 2. The molecule has 0 aromatic heterocycles. The van der Waals surface area contributed by atoms with Crippen molar-refractivity contribution in [1.29, 1.82) is 0 Å². The van der Waals surface area contributed by atoms with E-state index in [0.29, 0.717) is 5.75 Å². The zero-order chi connectivity index (χ0) is 12.8. The van der Waals surface area contributed by atoms with Gasteiger partial charge in [0.15, 0.2) is 0 Å². The third kappa shape index (κ3) is 3.22. The Morgan fingerprint density at radius 3 is 2.33 bits per heavy atom. The molecular formula is C15H12O3. The summed E-state index contributed by atoms with van der Waals surface area (Å²) < 4.78 is 4.70. The summed E-state index contributed by atoms with van der Waals surface area (Å²) in [6, 6.07) is 16.8. The van der Waals surface area contributed by atoms with Crippen molar-refractivity contribution in [3.63, 3.8) is 0 Å². The first kappa shape index (κ1) is 11.9. The van der Waals surface area contributed by atoms with Gasteiger partial charge < -0.3 is 9.84 Å². The fourth-order valence-corrected chi connectivity index (χ4v) is 1.56. The molecule has 0 saturated carbocycles. The minimum absolute atomic E-state index is 0.331. The maximum absolute atomic E-state index is 10.5. The fraction of sp³-hybridized carbons (Fsp3) is 0. The zero-order valence-electron chi connectivity index (χ0n) is 9.61. The molecule has 0 amide bonds. The number of ether oxygens (including phenoxy) is 1. The maximum atomic E-state index is 10.5. The lowest BCUT2D eigenvalue weighted by Crippen LogP contribution is -2.03. The van der Waals surface area contributed by atoms with Crippen LogP contribution in [0.2, 0.25) is 0 Å². The maximum Gasteiger partial charge on any atom is 0.511 e. The van der Waals surface area contributed by atoms with Crippen LogP contribution in [0.4, 0.5) is 4.79 Å². The van der Waals surface area contributed by atoms with Crippen LogP contribution in [0.1, 0.15) is 11.1 Å². The lowest BCUT2D eigenvalue weighted by Gasteiger charge is -2.03. The molecule has 0 unspecified atom stereocenters. The van der Waals surface area contributed by atoms with Gasteiger partial charge in [0.25, 0.3) is 0 Å². The average molecular weight is 240 g/mol. The molecule has 0 aliphatic heterocycles. The summed E-state index contributed by atoms with van der Waals surface area (Å²) in [5.41, 5.74) is 1.77. The van der Waals surface area contributed by atoms with Crippen molar-refractivity contribution in [3.8, 4) is 5.75 Å². The third-order valence-corrected chi connectivity index (χ3v) is 2.37. The van der Waals surface area contributed by atoms with E-state index in [9.17, 15) is 4.79 Å². The highest BCUT2D eigenvalue weighted by Crippen LogP contribution is 2.20. The van der Waals surface area contributed by atoms with Gasteiger partial charge in [-0.2, -0.15) is 0 Å². The van der Waals surface area contributed by atoms with Crippen LogP contribution in [0.25, 0.3) is 12.2 Å². The number of para-hydroxylation sites is 1. The highest BCUT2D eigenvalue weighted by atomic mass is 16.7. The molecule has 0 heterocycles. The summed E-state index contributed by atoms with van der Waals surface area (Å²) in [6.07, 6.45) is 2.42. The van der Waals surface area contributed by atoms with E-state index in [4.69, 9.17) is 9.84 Å². The van der Waals surface area contributed by atoms with Crippen molar-refractivity contribution in [2.24, 2.45) is 0 Å². The van der Waals surface area contributed by atoms with Gasteiger partial charge in [-0.15, -0.1) is 0 Å². The predicted molar refractivity (Wildman–Crippen MR) is 70.5 cm³/mol. The molecule has 3 heteroatoms. The van der Waals surface area contributed by atoms with Crippen LogP contribution in [0, 0.1) is 0 Å².